The van der Waals surface area contributed by atoms with Crippen LogP contribution >= 0.6 is 0 Å². The van der Waals surface area contributed by atoms with Gasteiger partial charge in [0.2, 0.25) is 0 Å². The smallest absolute Gasteiger partial charge is 0.340 e. The Bertz CT molecular complexity index is 1260. The molecule has 0 amide bonds. The number of benzene rings is 3. The van der Waals surface area contributed by atoms with Crippen LogP contribution in [0.3, 0.4) is 0 Å². The van der Waals surface area contributed by atoms with Crippen LogP contribution in [0.25, 0.3) is 22.2 Å². The molecule has 6 heteroatoms. The lowest BCUT2D eigenvalue weighted by molar-refractivity contribution is -0.00157. The van der Waals surface area contributed by atoms with E-state index in [9.17, 15) is 10.1 Å². The van der Waals surface area contributed by atoms with Gasteiger partial charge in [0.1, 0.15) is 11.6 Å². The quantitative estimate of drug-likeness (QED) is 0.406. The summed E-state index contributed by atoms with van der Waals surface area (Å²) in [6, 6.07) is 23.1. The first-order valence-electron chi connectivity index (χ1n) is 10.5. The van der Waals surface area contributed by atoms with Crippen LogP contribution in [-0.4, -0.2) is 35.3 Å². The first-order valence-corrected chi connectivity index (χ1v) is 10.5. The number of imidazole rings is 1. The second-order valence-electron chi connectivity index (χ2n) is 7.35. The molecule has 1 heterocycles. The SMILES string of the molecule is CCOCC(Cc1ccc(-c2ccccc2C#N)cc1)OC(=O)c1cccc2[nH]cnc12. The Balaban J connectivity index is 1.51. The summed E-state index contributed by atoms with van der Waals surface area (Å²) in [5.74, 6) is -0.424. The highest BCUT2D eigenvalue weighted by molar-refractivity contribution is 6.01. The summed E-state index contributed by atoms with van der Waals surface area (Å²) in [6.45, 7) is 2.75. The Morgan fingerprint density at radius 2 is 1.91 bits per heavy atom. The summed E-state index contributed by atoms with van der Waals surface area (Å²) in [5, 5.41) is 9.35. The molecule has 1 unspecified atom stereocenters. The van der Waals surface area contributed by atoms with E-state index in [0.717, 1.165) is 22.2 Å². The van der Waals surface area contributed by atoms with Crippen LogP contribution in [-0.2, 0) is 15.9 Å². The number of para-hydroxylation sites is 1. The first-order chi connectivity index (χ1) is 15.7. The number of fused-ring (bicyclic) bond motifs is 1. The number of nitrogens with one attached hydrogen (secondary N) is 1. The molecule has 1 atom stereocenters. The second kappa shape index (κ2) is 9.90. The standard InChI is InChI=1S/C26H23N3O3/c1-2-31-16-21(32-26(30)23-8-5-9-24-25(23)29-17-28-24)14-18-10-12-19(13-11-18)22-7-4-3-6-20(22)15-27/h3-13,17,21H,2,14,16H2,1H3,(H,28,29). The molecule has 0 spiro atoms. The molecule has 0 saturated carbocycles. The molecule has 0 aliphatic rings. The number of hydrogen-bond acceptors (Lipinski definition) is 5. The van der Waals surface area contributed by atoms with Gasteiger partial charge >= 0.3 is 5.97 Å². The van der Waals surface area contributed by atoms with Crippen molar-refractivity contribution >= 4 is 17.0 Å². The molecule has 0 aliphatic carbocycles. The number of ether oxygens (including phenoxy) is 2. The minimum atomic E-state index is -0.436. The largest absolute Gasteiger partial charge is 0.456 e. The zero-order chi connectivity index (χ0) is 22.3. The molecule has 0 saturated heterocycles. The third-order valence-electron chi connectivity index (χ3n) is 5.23. The monoisotopic (exact) mass is 425 g/mol. The Morgan fingerprint density at radius 1 is 1.09 bits per heavy atom. The van der Waals surface area contributed by atoms with Crippen LogP contribution in [0, 0.1) is 11.3 Å². The maximum Gasteiger partial charge on any atom is 0.340 e. The van der Waals surface area contributed by atoms with Crippen LogP contribution < -0.4 is 0 Å². The van der Waals surface area contributed by atoms with Gasteiger partial charge in [-0.05, 0) is 41.8 Å². The van der Waals surface area contributed by atoms with Gasteiger partial charge in [-0.25, -0.2) is 9.78 Å². The van der Waals surface area contributed by atoms with E-state index in [1.165, 1.54) is 0 Å². The third-order valence-corrected chi connectivity index (χ3v) is 5.23. The Labute approximate surface area is 186 Å². The lowest BCUT2D eigenvalue weighted by Gasteiger charge is -2.18. The summed E-state index contributed by atoms with van der Waals surface area (Å²) in [7, 11) is 0. The molecular formula is C26H23N3O3. The number of carbonyl (C=O) groups excluding carboxylic acids is 1. The average molecular weight is 425 g/mol. The number of nitriles is 1. The molecule has 160 valence electrons. The van der Waals surface area contributed by atoms with Gasteiger partial charge in [0.15, 0.2) is 0 Å². The van der Waals surface area contributed by atoms with Crippen molar-refractivity contribution in [3.63, 3.8) is 0 Å². The molecule has 0 radical (unpaired) electrons. The number of aromatic nitrogens is 2. The first kappa shape index (κ1) is 21.3. The van der Waals surface area contributed by atoms with E-state index in [4.69, 9.17) is 9.47 Å². The molecule has 0 aliphatic heterocycles. The summed E-state index contributed by atoms with van der Waals surface area (Å²) >= 11 is 0. The van der Waals surface area contributed by atoms with Crippen molar-refractivity contribution in [1.29, 1.82) is 5.26 Å². The van der Waals surface area contributed by atoms with E-state index in [-0.39, 0.29) is 0 Å². The highest BCUT2D eigenvalue weighted by Gasteiger charge is 2.20. The lowest BCUT2D eigenvalue weighted by atomic mass is 9.98. The minimum Gasteiger partial charge on any atom is -0.456 e. The Kier molecular flexibility index (Phi) is 6.59. The van der Waals surface area contributed by atoms with E-state index in [1.54, 1.807) is 24.5 Å². The predicted octanol–water partition coefficient (Wildman–Crippen LogP) is 4.91. The van der Waals surface area contributed by atoms with E-state index in [1.807, 2.05) is 55.5 Å². The molecule has 0 fully saturated rings. The summed E-state index contributed by atoms with van der Waals surface area (Å²) < 4.78 is 11.4. The number of esters is 1. The highest BCUT2D eigenvalue weighted by Crippen LogP contribution is 2.24. The zero-order valence-corrected chi connectivity index (χ0v) is 17.7. The van der Waals surface area contributed by atoms with Crippen LogP contribution in [0.4, 0.5) is 0 Å². The van der Waals surface area contributed by atoms with E-state index in [0.29, 0.717) is 36.3 Å². The van der Waals surface area contributed by atoms with Crippen molar-refractivity contribution in [3.8, 4) is 17.2 Å². The van der Waals surface area contributed by atoms with E-state index in [2.05, 4.69) is 16.0 Å². The summed E-state index contributed by atoms with van der Waals surface area (Å²) in [5.41, 5.74) is 5.31. The fourth-order valence-corrected chi connectivity index (χ4v) is 3.64. The van der Waals surface area contributed by atoms with Gasteiger partial charge in [-0.15, -0.1) is 0 Å². The fraction of sp³-hybridized carbons (Fsp3) is 0.192. The molecule has 4 rings (SSSR count). The van der Waals surface area contributed by atoms with Gasteiger partial charge in [-0.3, -0.25) is 0 Å². The molecule has 4 aromatic rings. The van der Waals surface area contributed by atoms with E-state index < -0.39 is 12.1 Å². The van der Waals surface area contributed by atoms with Crippen LogP contribution in [0.1, 0.15) is 28.4 Å². The third kappa shape index (κ3) is 4.69. The van der Waals surface area contributed by atoms with Gasteiger partial charge in [-0.1, -0.05) is 48.5 Å². The Morgan fingerprint density at radius 3 is 2.69 bits per heavy atom. The van der Waals surface area contributed by atoms with Crippen molar-refractivity contribution in [3.05, 3.63) is 89.7 Å². The van der Waals surface area contributed by atoms with Crippen molar-refractivity contribution in [2.24, 2.45) is 0 Å². The van der Waals surface area contributed by atoms with Crippen molar-refractivity contribution in [2.75, 3.05) is 13.2 Å². The highest BCUT2D eigenvalue weighted by atomic mass is 16.6. The molecule has 1 N–H and O–H groups in total. The molecule has 3 aromatic carbocycles. The van der Waals surface area contributed by atoms with Crippen LogP contribution in [0.15, 0.2) is 73.1 Å². The number of aromatic amines is 1. The molecular weight excluding hydrogens is 402 g/mol. The van der Waals surface area contributed by atoms with Gasteiger partial charge in [0.25, 0.3) is 0 Å². The number of H-pyrrole nitrogens is 1. The van der Waals surface area contributed by atoms with Crippen molar-refractivity contribution < 1.29 is 14.3 Å². The number of nitrogens with zero attached hydrogens (tertiary/aromatic N) is 2. The molecule has 32 heavy (non-hydrogen) atoms. The number of rotatable bonds is 8. The zero-order valence-electron chi connectivity index (χ0n) is 17.7. The fourth-order valence-electron chi connectivity index (χ4n) is 3.64. The molecule has 0 bridgehead atoms. The number of hydrogen-bond donors (Lipinski definition) is 1. The van der Waals surface area contributed by atoms with Crippen molar-refractivity contribution in [1.82, 2.24) is 9.97 Å². The predicted molar refractivity (Wildman–Crippen MR) is 122 cm³/mol. The maximum absolute atomic E-state index is 12.9. The minimum absolute atomic E-state index is 0.303. The van der Waals surface area contributed by atoms with E-state index >= 15 is 0 Å². The van der Waals surface area contributed by atoms with Crippen LogP contribution in [0.5, 0.6) is 0 Å². The normalized spacial score (nSPS) is 11.8. The van der Waals surface area contributed by atoms with Crippen LogP contribution in [0.2, 0.25) is 0 Å². The topological polar surface area (TPSA) is 88.0 Å². The van der Waals surface area contributed by atoms with Gasteiger partial charge in [0.05, 0.1) is 35.6 Å². The lowest BCUT2D eigenvalue weighted by Crippen LogP contribution is -2.26. The molecule has 6 nitrogen and oxygen atoms in total. The van der Waals surface area contributed by atoms with Crippen molar-refractivity contribution in [2.45, 2.75) is 19.4 Å². The molecule has 1 aromatic heterocycles. The average Bonchev–Trinajstić information content (AvgIpc) is 3.32. The summed E-state index contributed by atoms with van der Waals surface area (Å²) in [4.78, 5) is 20.1. The Hall–Kier alpha value is -3.95. The summed E-state index contributed by atoms with van der Waals surface area (Å²) in [6.07, 6.45) is 1.64. The van der Waals surface area contributed by atoms with Gasteiger partial charge in [0, 0.05) is 13.0 Å². The van der Waals surface area contributed by atoms with Gasteiger partial charge < -0.3 is 14.5 Å². The second-order valence-corrected chi connectivity index (χ2v) is 7.35. The maximum atomic E-state index is 12.9. The number of carbonyl (C=O) groups is 1. The van der Waals surface area contributed by atoms with Gasteiger partial charge in [-0.2, -0.15) is 5.26 Å².